The van der Waals surface area contributed by atoms with Crippen LogP contribution in [0.4, 0.5) is 4.79 Å². The Balaban J connectivity index is 2.78. The van der Waals surface area contributed by atoms with Crippen LogP contribution in [-0.2, 0) is 9.53 Å². The van der Waals surface area contributed by atoms with Gasteiger partial charge in [0.05, 0.1) is 6.61 Å². The zero-order chi connectivity index (χ0) is 16.0. The lowest BCUT2D eigenvalue weighted by Crippen LogP contribution is -2.62. The number of ether oxygens (including phenoxy) is 1. The Bertz CT molecular complexity index is 363. The topological polar surface area (TPSA) is 61.9 Å². The van der Waals surface area contributed by atoms with Crippen LogP contribution < -0.4 is 5.32 Å². The van der Waals surface area contributed by atoms with E-state index in [0.29, 0.717) is 32.5 Å². The second-order valence-corrected chi connectivity index (χ2v) is 5.92. The standard InChI is InChI=1S/C15H29N3O3/c1-6-12(3)16-15(13(19)21-7-2)8-10-18(11-9-15)14(20)17(4)5/h12,16H,6-11H2,1-5H3. The molecule has 6 heteroatoms. The summed E-state index contributed by atoms with van der Waals surface area (Å²) in [6.45, 7) is 7.49. The minimum atomic E-state index is -0.658. The Labute approximate surface area is 127 Å². The predicted octanol–water partition coefficient (Wildman–Crippen LogP) is 1.45. The van der Waals surface area contributed by atoms with Crippen molar-refractivity contribution in [3.8, 4) is 0 Å². The van der Waals surface area contributed by atoms with Crippen LogP contribution in [0.5, 0.6) is 0 Å². The molecule has 1 atom stereocenters. The molecule has 0 spiro atoms. The lowest BCUT2D eigenvalue weighted by Gasteiger charge is -2.42. The molecular formula is C15H29N3O3. The van der Waals surface area contributed by atoms with Gasteiger partial charge in [-0.1, -0.05) is 6.92 Å². The molecule has 1 aliphatic heterocycles. The number of likely N-dealkylation sites (tertiary alicyclic amines) is 1. The van der Waals surface area contributed by atoms with Crippen molar-refractivity contribution in [3.05, 3.63) is 0 Å². The van der Waals surface area contributed by atoms with Crippen LogP contribution in [0.1, 0.15) is 40.0 Å². The number of nitrogens with zero attached hydrogens (tertiary/aromatic N) is 2. The first-order chi connectivity index (χ1) is 9.86. The lowest BCUT2D eigenvalue weighted by molar-refractivity contribution is -0.153. The average molecular weight is 299 g/mol. The molecule has 0 bridgehead atoms. The van der Waals surface area contributed by atoms with Crippen LogP contribution in [0, 0.1) is 0 Å². The second-order valence-electron chi connectivity index (χ2n) is 5.92. The van der Waals surface area contributed by atoms with Gasteiger partial charge >= 0.3 is 12.0 Å². The molecule has 1 fully saturated rings. The van der Waals surface area contributed by atoms with E-state index in [1.807, 2.05) is 6.92 Å². The summed E-state index contributed by atoms with van der Waals surface area (Å²) in [5, 5.41) is 3.43. The van der Waals surface area contributed by atoms with Crippen molar-refractivity contribution in [2.45, 2.75) is 51.6 Å². The number of rotatable bonds is 5. The van der Waals surface area contributed by atoms with Gasteiger partial charge in [0.2, 0.25) is 0 Å². The van der Waals surface area contributed by atoms with E-state index in [0.717, 1.165) is 6.42 Å². The third-order valence-electron chi connectivity index (χ3n) is 4.07. The number of carbonyl (C=O) groups excluding carboxylic acids is 2. The van der Waals surface area contributed by atoms with Crippen molar-refractivity contribution < 1.29 is 14.3 Å². The van der Waals surface area contributed by atoms with Gasteiger partial charge in [0.15, 0.2) is 0 Å². The fourth-order valence-corrected chi connectivity index (χ4v) is 2.61. The summed E-state index contributed by atoms with van der Waals surface area (Å²) in [4.78, 5) is 27.7. The molecule has 2 amide bonds. The summed E-state index contributed by atoms with van der Waals surface area (Å²) in [6.07, 6.45) is 2.13. The zero-order valence-corrected chi connectivity index (χ0v) is 13.9. The van der Waals surface area contributed by atoms with Crippen LogP contribution in [0.25, 0.3) is 0 Å². The third kappa shape index (κ3) is 4.33. The first-order valence-electron chi connectivity index (χ1n) is 7.77. The minimum Gasteiger partial charge on any atom is -0.465 e. The van der Waals surface area contributed by atoms with E-state index in [-0.39, 0.29) is 18.0 Å². The molecule has 0 radical (unpaired) electrons. The van der Waals surface area contributed by atoms with E-state index >= 15 is 0 Å². The smallest absolute Gasteiger partial charge is 0.326 e. The predicted molar refractivity (Wildman–Crippen MR) is 82.1 cm³/mol. The van der Waals surface area contributed by atoms with Crippen molar-refractivity contribution >= 4 is 12.0 Å². The molecule has 1 N–H and O–H groups in total. The number of nitrogens with one attached hydrogen (secondary N) is 1. The number of urea groups is 1. The van der Waals surface area contributed by atoms with Gasteiger partial charge in [0.1, 0.15) is 5.54 Å². The Morgan fingerprint density at radius 1 is 1.29 bits per heavy atom. The number of piperidine rings is 1. The molecule has 1 unspecified atom stereocenters. The maximum atomic E-state index is 12.4. The van der Waals surface area contributed by atoms with Crippen LogP contribution in [0.15, 0.2) is 0 Å². The fraction of sp³-hybridized carbons (Fsp3) is 0.867. The summed E-state index contributed by atoms with van der Waals surface area (Å²) in [5.74, 6) is -0.192. The molecule has 0 saturated carbocycles. The van der Waals surface area contributed by atoms with Crippen LogP contribution in [0.2, 0.25) is 0 Å². The van der Waals surface area contributed by atoms with E-state index in [4.69, 9.17) is 4.74 Å². The van der Waals surface area contributed by atoms with Gasteiger partial charge in [0.25, 0.3) is 0 Å². The number of amides is 2. The first kappa shape index (κ1) is 17.8. The average Bonchev–Trinajstić information content (AvgIpc) is 2.47. The highest BCUT2D eigenvalue weighted by Gasteiger charge is 2.44. The molecule has 0 aromatic heterocycles. The SMILES string of the molecule is CCOC(=O)C1(NC(C)CC)CCN(C(=O)N(C)C)CC1. The monoisotopic (exact) mass is 299 g/mol. The Kier molecular flexibility index (Phi) is 6.45. The number of carbonyl (C=O) groups is 2. The summed E-state index contributed by atoms with van der Waals surface area (Å²) in [5.41, 5.74) is -0.658. The Morgan fingerprint density at radius 2 is 1.86 bits per heavy atom. The lowest BCUT2D eigenvalue weighted by atomic mass is 9.86. The summed E-state index contributed by atoms with van der Waals surface area (Å²) in [6, 6.07) is 0.238. The third-order valence-corrected chi connectivity index (χ3v) is 4.07. The molecule has 0 aliphatic carbocycles. The molecule has 1 heterocycles. The van der Waals surface area contributed by atoms with E-state index in [1.54, 1.807) is 23.9 Å². The van der Waals surface area contributed by atoms with E-state index < -0.39 is 5.54 Å². The van der Waals surface area contributed by atoms with Crippen molar-refractivity contribution in [1.82, 2.24) is 15.1 Å². The first-order valence-corrected chi connectivity index (χ1v) is 7.77. The zero-order valence-electron chi connectivity index (χ0n) is 13.9. The molecule has 0 aromatic carbocycles. The molecule has 1 aliphatic rings. The fourth-order valence-electron chi connectivity index (χ4n) is 2.61. The van der Waals surface area contributed by atoms with Crippen LogP contribution in [-0.4, -0.2) is 67.2 Å². The molecular weight excluding hydrogens is 270 g/mol. The van der Waals surface area contributed by atoms with Crippen molar-refractivity contribution in [3.63, 3.8) is 0 Å². The maximum Gasteiger partial charge on any atom is 0.326 e. The van der Waals surface area contributed by atoms with Gasteiger partial charge < -0.3 is 14.5 Å². The minimum absolute atomic E-state index is 0.00370. The van der Waals surface area contributed by atoms with Crippen molar-refractivity contribution in [2.75, 3.05) is 33.8 Å². The largest absolute Gasteiger partial charge is 0.465 e. The van der Waals surface area contributed by atoms with Gasteiger partial charge in [-0.25, -0.2) is 4.79 Å². The molecule has 1 rings (SSSR count). The number of esters is 1. The highest BCUT2D eigenvalue weighted by Crippen LogP contribution is 2.25. The summed E-state index contributed by atoms with van der Waals surface area (Å²) in [7, 11) is 3.49. The number of hydrogen-bond acceptors (Lipinski definition) is 4. The molecule has 0 aromatic rings. The number of hydrogen-bond donors (Lipinski definition) is 1. The Hall–Kier alpha value is -1.30. The molecule has 6 nitrogen and oxygen atoms in total. The van der Waals surface area contributed by atoms with E-state index in [2.05, 4.69) is 19.2 Å². The van der Waals surface area contributed by atoms with Gasteiger partial charge in [-0.3, -0.25) is 10.1 Å². The van der Waals surface area contributed by atoms with Crippen LogP contribution >= 0.6 is 0 Å². The van der Waals surface area contributed by atoms with E-state index in [1.165, 1.54) is 0 Å². The molecule has 1 saturated heterocycles. The Morgan fingerprint density at radius 3 is 2.29 bits per heavy atom. The van der Waals surface area contributed by atoms with Gasteiger partial charge in [-0.05, 0) is 33.1 Å². The van der Waals surface area contributed by atoms with Gasteiger partial charge in [-0.15, -0.1) is 0 Å². The highest BCUT2D eigenvalue weighted by molar-refractivity contribution is 5.82. The molecule has 21 heavy (non-hydrogen) atoms. The normalized spacial score (nSPS) is 19.0. The second kappa shape index (κ2) is 7.64. The van der Waals surface area contributed by atoms with Gasteiger partial charge in [-0.2, -0.15) is 0 Å². The maximum absolute atomic E-state index is 12.4. The molecule has 122 valence electrons. The van der Waals surface area contributed by atoms with E-state index in [9.17, 15) is 9.59 Å². The quantitative estimate of drug-likeness (QED) is 0.781. The van der Waals surface area contributed by atoms with Gasteiger partial charge in [0, 0.05) is 33.2 Å². The summed E-state index contributed by atoms with van der Waals surface area (Å²) < 4.78 is 5.26. The highest BCUT2D eigenvalue weighted by atomic mass is 16.5. The van der Waals surface area contributed by atoms with Crippen LogP contribution in [0.3, 0.4) is 0 Å². The summed E-state index contributed by atoms with van der Waals surface area (Å²) >= 11 is 0. The van der Waals surface area contributed by atoms with Crippen molar-refractivity contribution in [2.24, 2.45) is 0 Å². The van der Waals surface area contributed by atoms with Crippen molar-refractivity contribution in [1.29, 1.82) is 0 Å².